The lowest BCUT2D eigenvalue weighted by atomic mass is 9.92. The molecular weight excluding hydrogens is 753 g/mol. The van der Waals surface area contributed by atoms with Gasteiger partial charge in [-0.2, -0.15) is 0 Å². The lowest BCUT2D eigenvalue weighted by Gasteiger charge is -2.16. The minimum absolute atomic E-state index is 0.659. The summed E-state index contributed by atoms with van der Waals surface area (Å²) in [7, 11) is 0. The monoisotopic (exact) mass is 788 g/mol. The van der Waals surface area contributed by atoms with E-state index in [-0.39, 0.29) is 0 Å². The molecule has 0 aliphatic carbocycles. The molecule has 0 unspecified atom stereocenters. The van der Waals surface area contributed by atoms with Crippen LogP contribution in [0.25, 0.3) is 122 Å². The van der Waals surface area contributed by atoms with Crippen molar-refractivity contribution in [1.82, 2.24) is 19.9 Å². The van der Waals surface area contributed by atoms with Gasteiger partial charge in [-0.05, 0) is 86.8 Å². The highest BCUT2D eigenvalue weighted by Gasteiger charge is 2.19. The summed E-state index contributed by atoms with van der Waals surface area (Å²) in [5.41, 5.74) is 14.0. The zero-order valence-corrected chi connectivity index (χ0v) is 33.6. The number of aromatic nitrogens is 4. The third-order valence-corrected chi connectivity index (χ3v) is 12.0. The standard InChI is InChI=1S/C58H36N4/c1-3-13-45-33-47(27-17-37(45)9-1)49-35-50(48-28-18-38-10-2-4-14-46(38)34-48)57-51(36-49)56(43-23-19-41(20-24-43)54-31-29-39-11-5-7-15-52(39)59-54)61-58(62-57)44-25-21-42(22-26-44)55-32-30-40-12-6-8-16-53(40)60-55/h1-36H. The second kappa shape index (κ2) is 14.7. The quantitative estimate of drug-likeness (QED) is 0.168. The highest BCUT2D eigenvalue weighted by molar-refractivity contribution is 6.06. The molecule has 4 nitrogen and oxygen atoms in total. The van der Waals surface area contributed by atoms with Gasteiger partial charge in [0.2, 0.25) is 0 Å². The van der Waals surface area contributed by atoms with Gasteiger partial charge in [0.15, 0.2) is 5.82 Å². The molecule has 12 rings (SSSR count). The Morgan fingerprint density at radius 1 is 0.258 bits per heavy atom. The van der Waals surface area contributed by atoms with Gasteiger partial charge in [0, 0.05) is 44.0 Å². The third-order valence-electron chi connectivity index (χ3n) is 12.0. The maximum atomic E-state index is 5.47. The van der Waals surface area contributed by atoms with Gasteiger partial charge in [0.25, 0.3) is 0 Å². The van der Waals surface area contributed by atoms with Gasteiger partial charge >= 0.3 is 0 Å². The highest BCUT2D eigenvalue weighted by atomic mass is 14.9. The van der Waals surface area contributed by atoms with Crippen molar-refractivity contribution in [2.75, 3.05) is 0 Å². The molecule has 0 fully saturated rings. The molecule has 0 atom stereocenters. The second-order valence-electron chi connectivity index (χ2n) is 15.9. The second-order valence-corrected chi connectivity index (χ2v) is 15.9. The molecule has 0 bridgehead atoms. The van der Waals surface area contributed by atoms with Crippen molar-refractivity contribution < 1.29 is 0 Å². The summed E-state index contributed by atoms with van der Waals surface area (Å²) in [6, 6.07) is 77.1. The molecule has 0 N–H and O–H groups in total. The van der Waals surface area contributed by atoms with Crippen molar-refractivity contribution in [2.45, 2.75) is 0 Å². The van der Waals surface area contributed by atoms with E-state index in [1.54, 1.807) is 0 Å². The first-order chi connectivity index (χ1) is 30.7. The van der Waals surface area contributed by atoms with Crippen molar-refractivity contribution in [3.63, 3.8) is 0 Å². The molecule has 9 aromatic carbocycles. The van der Waals surface area contributed by atoms with E-state index in [9.17, 15) is 0 Å². The van der Waals surface area contributed by atoms with Crippen molar-refractivity contribution >= 4 is 54.3 Å². The molecule has 62 heavy (non-hydrogen) atoms. The van der Waals surface area contributed by atoms with E-state index in [0.29, 0.717) is 5.82 Å². The van der Waals surface area contributed by atoms with E-state index in [1.165, 1.54) is 21.5 Å². The SMILES string of the molecule is c1ccc2cc(-c3cc(-c4ccc5ccccc5c4)c4nc(-c5ccc(-c6ccc7ccccc7n6)cc5)nc(-c5ccc(-c6ccc7ccccc7n6)cc5)c4c3)ccc2c1. The number of rotatable bonds is 6. The van der Waals surface area contributed by atoms with Crippen LogP contribution in [0.2, 0.25) is 0 Å². The van der Waals surface area contributed by atoms with E-state index in [2.05, 4.69) is 194 Å². The smallest absolute Gasteiger partial charge is 0.160 e. The molecule has 0 aliphatic rings. The summed E-state index contributed by atoms with van der Waals surface area (Å²) < 4.78 is 0. The summed E-state index contributed by atoms with van der Waals surface area (Å²) in [6.07, 6.45) is 0. The molecule has 0 spiro atoms. The number of benzene rings is 9. The summed E-state index contributed by atoms with van der Waals surface area (Å²) in [4.78, 5) is 20.9. The Morgan fingerprint density at radius 3 is 1.31 bits per heavy atom. The van der Waals surface area contributed by atoms with E-state index in [0.717, 1.165) is 94.3 Å². The molecule has 3 aromatic heterocycles. The lowest BCUT2D eigenvalue weighted by Crippen LogP contribution is -1.98. The molecule has 0 aliphatic heterocycles. The van der Waals surface area contributed by atoms with Crippen LogP contribution in [-0.2, 0) is 0 Å². The lowest BCUT2D eigenvalue weighted by molar-refractivity contribution is 1.23. The van der Waals surface area contributed by atoms with Crippen LogP contribution in [0.15, 0.2) is 218 Å². The Kier molecular flexibility index (Phi) is 8.46. The molecule has 12 aromatic rings. The van der Waals surface area contributed by atoms with Crippen LogP contribution < -0.4 is 0 Å². The topological polar surface area (TPSA) is 51.6 Å². The number of fused-ring (bicyclic) bond motifs is 5. The Bertz CT molecular complexity index is 3690. The number of hydrogen-bond acceptors (Lipinski definition) is 4. The number of pyridine rings is 2. The van der Waals surface area contributed by atoms with Gasteiger partial charge in [0.1, 0.15) is 0 Å². The fourth-order valence-electron chi connectivity index (χ4n) is 8.74. The summed E-state index contributed by atoms with van der Waals surface area (Å²) in [5, 5.41) is 8.02. The zero-order valence-electron chi connectivity index (χ0n) is 33.6. The van der Waals surface area contributed by atoms with Gasteiger partial charge in [-0.25, -0.2) is 19.9 Å². The number of nitrogens with zero attached hydrogens (tertiary/aromatic N) is 4. The van der Waals surface area contributed by atoms with E-state index < -0.39 is 0 Å². The maximum Gasteiger partial charge on any atom is 0.160 e. The first-order valence-corrected chi connectivity index (χ1v) is 20.9. The molecule has 288 valence electrons. The molecule has 0 radical (unpaired) electrons. The van der Waals surface area contributed by atoms with Crippen LogP contribution >= 0.6 is 0 Å². The van der Waals surface area contributed by atoms with Gasteiger partial charge in [0.05, 0.1) is 33.6 Å². The van der Waals surface area contributed by atoms with Crippen molar-refractivity contribution in [1.29, 1.82) is 0 Å². The fraction of sp³-hybridized carbons (Fsp3) is 0. The van der Waals surface area contributed by atoms with Crippen LogP contribution in [0.5, 0.6) is 0 Å². The molecule has 4 heteroatoms. The van der Waals surface area contributed by atoms with Crippen LogP contribution in [-0.4, -0.2) is 19.9 Å². The molecule has 3 heterocycles. The Morgan fingerprint density at radius 2 is 0.710 bits per heavy atom. The Balaban J connectivity index is 1.07. The van der Waals surface area contributed by atoms with E-state index >= 15 is 0 Å². The predicted molar refractivity (Wildman–Crippen MR) is 258 cm³/mol. The van der Waals surface area contributed by atoms with E-state index in [1.807, 2.05) is 24.3 Å². The maximum absolute atomic E-state index is 5.47. The van der Waals surface area contributed by atoms with Gasteiger partial charge in [-0.15, -0.1) is 0 Å². The normalized spacial score (nSPS) is 11.5. The molecule has 0 saturated carbocycles. The first kappa shape index (κ1) is 35.6. The largest absolute Gasteiger partial charge is 0.248 e. The van der Waals surface area contributed by atoms with Crippen molar-refractivity contribution in [3.05, 3.63) is 218 Å². The minimum Gasteiger partial charge on any atom is -0.248 e. The molecule has 0 amide bonds. The number of para-hydroxylation sites is 2. The Labute approximate surface area is 358 Å². The van der Waals surface area contributed by atoms with Gasteiger partial charge in [-0.3, -0.25) is 0 Å². The Hall–Kier alpha value is -8.34. The number of hydrogen-bond donors (Lipinski definition) is 0. The fourth-order valence-corrected chi connectivity index (χ4v) is 8.74. The highest BCUT2D eigenvalue weighted by Crippen LogP contribution is 2.40. The average Bonchev–Trinajstić information content (AvgIpc) is 3.35. The minimum atomic E-state index is 0.659. The summed E-state index contributed by atoms with van der Waals surface area (Å²) in [6.45, 7) is 0. The van der Waals surface area contributed by atoms with Crippen LogP contribution in [0.4, 0.5) is 0 Å². The van der Waals surface area contributed by atoms with Crippen LogP contribution in [0, 0.1) is 0 Å². The zero-order chi connectivity index (χ0) is 41.0. The average molecular weight is 789 g/mol. The third kappa shape index (κ3) is 6.42. The van der Waals surface area contributed by atoms with Crippen LogP contribution in [0.1, 0.15) is 0 Å². The van der Waals surface area contributed by atoms with E-state index in [4.69, 9.17) is 19.9 Å². The molecular formula is C58H36N4. The summed E-state index contributed by atoms with van der Waals surface area (Å²) >= 11 is 0. The van der Waals surface area contributed by atoms with Crippen molar-refractivity contribution in [3.8, 4) is 67.4 Å². The van der Waals surface area contributed by atoms with Crippen LogP contribution in [0.3, 0.4) is 0 Å². The van der Waals surface area contributed by atoms with Gasteiger partial charge in [-0.1, -0.05) is 170 Å². The summed E-state index contributed by atoms with van der Waals surface area (Å²) in [5.74, 6) is 0.659. The van der Waals surface area contributed by atoms with Gasteiger partial charge < -0.3 is 0 Å². The predicted octanol–water partition coefficient (Wildman–Crippen LogP) is 15.0. The first-order valence-electron chi connectivity index (χ1n) is 20.9. The molecule has 0 saturated heterocycles. The van der Waals surface area contributed by atoms with Crippen molar-refractivity contribution in [2.24, 2.45) is 0 Å².